The Balaban J connectivity index is 0.000000101. The van der Waals surface area contributed by atoms with Crippen LogP contribution in [0.4, 0.5) is 0 Å². The standard InChI is InChI=1S/C53H39N.C49H37N.C45H34/c1-32-12-22-44-46-31-45(40-19-23-51-47(29-40)48-28-36-8-6-7-9-37(36)30-52(48)54(51)43-10-4-3-5-11-43)33(2)25-50(46)53(49(44)24-32,41-20-17-34-13-15-38(34)26-41)42-21-18-35-14-16-39(35)27-42;1-30-12-22-40-43-29-42(36-19-23-48-44(28-36)41-10-6-7-11-47(41)50(48)39-8-4-3-5-9-39)31(2)25-46(43)49(45(40)24-30,37-20-17-32-13-15-34(32)26-37)38-21-18-33-14-16-35(33)27-38;1-27-11-20-39-42-26-40(41-25-33-7-3-4-8-36(33)37-9-5-6-10-38(37)41)28(2)22-44(42)45(43(39)21-27,34-18-16-29-12-14-31(29)23-34)35-19-17-30-13-15-32(30)24-35/h3-12,17-31H,13-16H2,1-2H3;3-12,17-29H,13-16H2,1-2H3;3-11,16-26H,12-15H2,1-2H3. The zero-order valence-corrected chi connectivity index (χ0v) is 85.1. The second kappa shape index (κ2) is 32.6. The Bertz CT molecular complexity index is 9820. The SMILES string of the molecule is Cc1ccc2c(c1)C(c1ccc3c(c1)CC3)(c1ccc3c(c1)CC3)c1cc(C)c(-c3cc4ccccc4c4ccccc34)cc1-2.Cc1ccc2c(c1)C(c1ccc3c(c1)CC3)(c1ccc3c(c1)CC3)c1cc(C)c(-c3ccc4c(c3)c3cc5ccccc5cc3n4-c3ccccc3)cc1-2.Cc1ccc2c(c1)C(c1ccc3c(c1)CC3)(c1ccc3c(c1)CC3)c1cc(C)c(-c3ccc4c(c3)c3ccccc3n4-c3ccccc3)cc1-2. The molecule has 2 nitrogen and oxygen atoms in total. The molecule has 33 rings (SSSR count). The lowest BCUT2D eigenvalue weighted by Gasteiger charge is -2.37. The second-order valence-electron chi connectivity index (χ2n) is 44.7. The number of hydrogen-bond acceptors (Lipinski definition) is 0. The molecule has 708 valence electrons. The highest BCUT2D eigenvalue weighted by molar-refractivity contribution is 6.17. The van der Waals surface area contributed by atoms with E-state index >= 15 is 0 Å². The molecule has 0 saturated carbocycles. The fourth-order valence-electron chi connectivity index (χ4n) is 28.6. The van der Waals surface area contributed by atoms with E-state index in [-0.39, 0.29) is 16.2 Å². The van der Waals surface area contributed by atoms with Crippen LogP contribution in [0, 0.1) is 41.5 Å². The molecule has 24 aromatic rings. The van der Waals surface area contributed by atoms with E-state index in [0.717, 1.165) is 0 Å². The van der Waals surface area contributed by atoms with Crippen LogP contribution in [0.5, 0.6) is 0 Å². The van der Waals surface area contributed by atoms with E-state index in [1.54, 1.807) is 0 Å². The Morgan fingerprint density at radius 1 is 0.161 bits per heavy atom. The molecule has 0 fully saturated rings. The Labute approximate surface area is 871 Å². The van der Waals surface area contributed by atoms with Gasteiger partial charge in [-0.25, -0.2) is 0 Å². The molecule has 9 aliphatic rings. The maximum absolute atomic E-state index is 2.55. The van der Waals surface area contributed by atoms with Crippen LogP contribution in [-0.2, 0) is 93.3 Å². The van der Waals surface area contributed by atoms with Gasteiger partial charge in [-0.05, 0) is 459 Å². The number of benzene rings is 22. The highest BCUT2D eigenvalue weighted by Gasteiger charge is 2.52. The van der Waals surface area contributed by atoms with Gasteiger partial charge in [-0.2, -0.15) is 0 Å². The van der Waals surface area contributed by atoms with Crippen LogP contribution in [-0.4, -0.2) is 9.13 Å². The first kappa shape index (κ1) is 86.5. The van der Waals surface area contributed by atoms with Gasteiger partial charge in [-0.15, -0.1) is 0 Å². The van der Waals surface area contributed by atoms with E-state index in [0.29, 0.717) is 0 Å². The Morgan fingerprint density at radius 2 is 0.463 bits per heavy atom. The van der Waals surface area contributed by atoms with Crippen LogP contribution in [0.1, 0.15) is 167 Å². The van der Waals surface area contributed by atoms with Crippen molar-refractivity contribution in [3.63, 3.8) is 0 Å². The second-order valence-corrected chi connectivity index (χ2v) is 44.7. The molecule has 0 saturated heterocycles. The number of hydrogen-bond donors (Lipinski definition) is 0. The number of rotatable bonds is 11. The van der Waals surface area contributed by atoms with E-state index in [1.807, 2.05) is 0 Å². The normalized spacial score (nSPS) is 14.9. The number of fused-ring (bicyclic) bond motifs is 25. The molecule has 0 unspecified atom stereocenters. The molecule has 0 spiro atoms. The van der Waals surface area contributed by atoms with Gasteiger partial charge in [0.1, 0.15) is 0 Å². The summed E-state index contributed by atoms with van der Waals surface area (Å²) in [6.07, 6.45) is 14.3. The van der Waals surface area contributed by atoms with Crippen molar-refractivity contribution in [3.05, 3.63) is 579 Å². The number of nitrogens with zero attached hydrogens (tertiary/aromatic N) is 2. The van der Waals surface area contributed by atoms with E-state index in [9.17, 15) is 0 Å². The third kappa shape index (κ3) is 12.6. The molecule has 0 aliphatic heterocycles. The summed E-state index contributed by atoms with van der Waals surface area (Å²) in [6, 6.07) is 159. The predicted octanol–water partition coefficient (Wildman–Crippen LogP) is 35.2. The van der Waals surface area contributed by atoms with Crippen LogP contribution < -0.4 is 0 Å². The zero-order chi connectivity index (χ0) is 98.7. The minimum atomic E-state index is -0.372. The first-order valence-electron chi connectivity index (χ1n) is 54.3. The van der Waals surface area contributed by atoms with Gasteiger partial charge < -0.3 is 9.13 Å². The average molecular weight is 1900 g/mol. The van der Waals surface area contributed by atoms with Crippen molar-refractivity contribution in [2.24, 2.45) is 0 Å². The minimum absolute atomic E-state index is 0.347. The molecule has 0 atom stereocenters. The molecule has 0 radical (unpaired) electrons. The fraction of sp³-hybridized carbons (Fsp3) is 0.143. The lowest BCUT2D eigenvalue weighted by molar-refractivity contribution is 0.739. The van der Waals surface area contributed by atoms with E-state index in [1.165, 1.54) is 398 Å². The number of aromatic nitrogens is 2. The number of para-hydroxylation sites is 3. The van der Waals surface area contributed by atoms with Gasteiger partial charge in [0, 0.05) is 32.9 Å². The fourth-order valence-corrected chi connectivity index (χ4v) is 28.6. The Kier molecular flexibility index (Phi) is 18.9. The first-order chi connectivity index (χ1) is 73.2. The van der Waals surface area contributed by atoms with Crippen molar-refractivity contribution < 1.29 is 0 Å². The summed E-state index contributed by atoms with van der Waals surface area (Å²) < 4.78 is 4.84. The molecule has 0 bridgehead atoms. The van der Waals surface area contributed by atoms with E-state index in [4.69, 9.17) is 0 Å². The van der Waals surface area contributed by atoms with Gasteiger partial charge in [0.25, 0.3) is 0 Å². The third-order valence-corrected chi connectivity index (χ3v) is 36.7. The van der Waals surface area contributed by atoms with Crippen molar-refractivity contribution in [1.29, 1.82) is 0 Å². The Morgan fingerprint density at radius 3 is 0.852 bits per heavy atom. The van der Waals surface area contributed by atoms with E-state index < -0.39 is 0 Å². The molecule has 2 aromatic heterocycles. The summed E-state index contributed by atoms with van der Waals surface area (Å²) in [5.41, 5.74) is 65.2. The van der Waals surface area contributed by atoms with Crippen molar-refractivity contribution >= 4 is 75.9 Å². The molecule has 2 heterocycles. The van der Waals surface area contributed by atoms with Crippen LogP contribution in [0.3, 0.4) is 0 Å². The van der Waals surface area contributed by atoms with Gasteiger partial charge in [-0.3, -0.25) is 0 Å². The van der Waals surface area contributed by atoms with Crippen molar-refractivity contribution in [2.45, 2.75) is 135 Å². The third-order valence-electron chi connectivity index (χ3n) is 36.7. The van der Waals surface area contributed by atoms with Gasteiger partial charge in [0.15, 0.2) is 0 Å². The van der Waals surface area contributed by atoms with Crippen molar-refractivity contribution in [1.82, 2.24) is 9.13 Å². The van der Waals surface area contributed by atoms with Crippen LogP contribution in [0.25, 0.3) is 154 Å². The summed E-state index contributed by atoms with van der Waals surface area (Å²) in [7, 11) is 0. The quantitative estimate of drug-likeness (QED) is 0.114. The average Bonchev–Trinajstić information content (AvgIpc) is 1.53. The lowest BCUT2D eigenvalue weighted by atomic mass is 9.65. The van der Waals surface area contributed by atoms with Gasteiger partial charge in [0.2, 0.25) is 0 Å². The number of aryl methyl sites for hydroxylation is 18. The molecular weight excluding hydrogens is 1790 g/mol. The molecule has 0 N–H and O–H groups in total. The first-order valence-corrected chi connectivity index (χ1v) is 54.3. The highest BCUT2D eigenvalue weighted by atomic mass is 15.0. The topological polar surface area (TPSA) is 9.86 Å². The van der Waals surface area contributed by atoms with Crippen molar-refractivity contribution in [3.8, 4) is 78.1 Å². The van der Waals surface area contributed by atoms with E-state index in [2.05, 4.69) is 463 Å². The van der Waals surface area contributed by atoms with Gasteiger partial charge in [-0.1, -0.05) is 338 Å². The molecule has 9 aliphatic carbocycles. The molecule has 149 heavy (non-hydrogen) atoms. The molecule has 2 heteroatoms. The largest absolute Gasteiger partial charge is 0.309 e. The van der Waals surface area contributed by atoms with Crippen molar-refractivity contribution in [2.75, 3.05) is 0 Å². The molecule has 0 amide bonds. The predicted molar refractivity (Wildman–Crippen MR) is 622 cm³/mol. The molecular formula is C147H110N2. The van der Waals surface area contributed by atoms with Crippen LogP contribution >= 0.6 is 0 Å². The zero-order valence-electron chi connectivity index (χ0n) is 85.1. The smallest absolute Gasteiger partial charge is 0.0713 e. The summed E-state index contributed by atoms with van der Waals surface area (Å²) in [6.45, 7) is 13.7. The van der Waals surface area contributed by atoms with Crippen LogP contribution in [0.15, 0.2) is 413 Å². The summed E-state index contributed by atoms with van der Waals surface area (Å²) in [5, 5.41) is 12.9. The minimum Gasteiger partial charge on any atom is -0.309 e. The summed E-state index contributed by atoms with van der Waals surface area (Å²) in [4.78, 5) is 0. The summed E-state index contributed by atoms with van der Waals surface area (Å²) in [5.74, 6) is 0. The van der Waals surface area contributed by atoms with Crippen LogP contribution in [0.2, 0.25) is 0 Å². The van der Waals surface area contributed by atoms with Gasteiger partial charge in [0.05, 0.1) is 38.3 Å². The maximum Gasteiger partial charge on any atom is 0.0713 e. The summed E-state index contributed by atoms with van der Waals surface area (Å²) >= 11 is 0. The molecule has 22 aromatic carbocycles. The van der Waals surface area contributed by atoms with Gasteiger partial charge >= 0.3 is 0 Å². The highest BCUT2D eigenvalue weighted by Crippen LogP contribution is 2.64. The Hall–Kier alpha value is -16.8. The monoisotopic (exact) mass is 1900 g/mol. The lowest BCUT2D eigenvalue weighted by Crippen LogP contribution is -2.30. The maximum atomic E-state index is 2.55.